The molecule has 0 unspecified atom stereocenters. The van der Waals surface area contributed by atoms with Crippen LogP contribution in [0.25, 0.3) is 0 Å². The van der Waals surface area contributed by atoms with Gasteiger partial charge >= 0.3 is 0 Å². The predicted molar refractivity (Wildman–Crippen MR) is 100 cm³/mol. The number of pyridine rings is 1. The van der Waals surface area contributed by atoms with E-state index in [1.165, 1.54) is 0 Å². The highest BCUT2D eigenvalue weighted by molar-refractivity contribution is 5.94. The molecular formula is C19H25N3O4. The summed E-state index contributed by atoms with van der Waals surface area (Å²) < 4.78 is 15.5. The van der Waals surface area contributed by atoms with Crippen LogP contribution in [0.1, 0.15) is 15.9 Å². The van der Waals surface area contributed by atoms with Gasteiger partial charge in [0, 0.05) is 32.6 Å². The second kappa shape index (κ2) is 10.2. The molecule has 1 aromatic heterocycles. The average Bonchev–Trinajstić information content (AvgIpc) is 2.68. The molecule has 0 saturated heterocycles. The van der Waals surface area contributed by atoms with Crippen molar-refractivity contribution < 1.29 is 19.0 Å². The van der Waals surface area contributed by atoms with Crippen molar-refractivity contribution >= 4 is 11.6 Å². The fraction of sp³-hybridized carbons (Fsp3) is 0.368. The summed E-state index contributed by atoms with van der Waals surface area (Å²) in [7, 11) is 4.84. The Bertz CT molecular complexity index is 722. The Morgan fingerprint density at radius 1 is 1.04 bits per heavy atom. The van der Waals surface area contributed by atoms with Crippen molar-refractivity contribution in [1.82, 2.24) is 10.3 Å². The van der Waals surface area contributed by atoms with Crippen LogP contribution >= 0.6 is 0 Å². The predicted octanol–water partition coefficient (Wildman–Crippen LogP) is 2.13. The molecule has 0 aliphatic carbocycles. The number of amides is 1. The molecule has 26 heavy (non-hydrogen) atoms. The largest absolute Gasteiger partial charge is 0.493 e. The number of rotatable bonds is 10. The molecule has 2 N–H and O–H groups in total. The highest BCUT2D eigenvalue weighted by Crippen LogP contribution is 2.27. The van der Waals surface area contributed by atoms with Gasteiger partial charge in [-0.1, -0.05) is 6.07 Å². The van der Waals surface area contributed by atoms with E-state index in [9.17, 15) is 4.79 Å². The molecule has 0 bridgehead atoms. The molecule has 2 rings (SSSR count). The maximum absolute atomic E-state index is 12.3. The third-order valence-corrected chi connectivity index (χ3v) is 3.78. The Balaban J connectivity index is 1.88. The van der Waals surface area contributed by atoms with Crippen molar-refractivity contribution in [1.29, 1.82) is 0 Å². The van der Waals surface area contributed by atoms with Crippen molar-refractivity contribution in [3.63, 3.8) is 0 Å². The number of hydrogen-bond donors (Lipinski definition) is 2. The molecule has 2 aromatic rings. The minimum Gasteiger partial charge on any atom is -0.493 e. The topological polar surface area (TPSA) is 81.7 Å². The zero-order valence-electron chi connectivity index (χ0n) is 15.4. The molecule has 140 valence electrons. The number of carbonyl (C=O) groups excluding carboxylic acids is 1. The standard InChI is InChI=1S/C19H25N3O4/c1-24-9-8-21-16-11-15(12-20-13-16)19(23)22-7-6-14-4-5-17(25-2)18(10-14)26-3/h4-5,10-13,21H,6-9H2,1-3H3,(H,22,23). The highest BCUT2D eigenvalue weighted by Gasteiger charge is 2.08. The van der Waals surface area contributed by atoms with Gasteiger partial charge in [-0.3, -0.25) is 9.78 Å². The first-order valence-electron chi connectivity index (χ1n) is 8.35. The van der Waals surface area contributed by atoms with Gasteiger partial charge in [0.15, 0.2) is 11.5 Å². The third-order valence-electron chi connectivity index (χ3n) is 3.78. The van der Waals surface area contributed by atoms with E-state index in [1.54, 1.807) is 39.8 Å². The molecule has 0 spiro atoms. The molecule has 7 nitrogen and oxygen atoms in total. The van der Waals surface area contributed by atoms with Crippen molar-refractivity contribution in [2.45, 2.75) is 6.42 Å². The third kappa shape index (κ3) is 5.63. The number of aromatic nitrogens is 1. The van der Waals surface area contributed by atoms with E-state index in [1.807, 2.05) is 18.2 Å². The maximum Gasteiger partial charge on any atom is 0.252 e. The zero-order valence-corrected chi connectivity index (χ0v) is 15.4. The molecule has 0 radical (unpaired) electrons. The Kier molecular flexibility index (Phi) is 7.70. The van der Waals surface area contributed by atoms with Crippen LogP contribution in [0, 0.1) is 0 Å². The lowest BCUT2D eigenvalue weighted by molar-refractivity contribution is 0.0954. The van der Waals surface area contributed by atoms with Crippen LogP contribution in [0.3, 0.4) is 0 Å². The minimum absolute atomic E-state index is 0.159. The Morgan fingerprint density at radius 3 is 2.58 bits per heavy atom. The lowest BCUT2D eigenvalue weighted by Gasteiger charge is -2.10. The van der Waals surface area contributed by atoms with E-state index >= 15 is 0 Å². The van der Waals surface area contributed by atoms with Gasteiger partial charge in [0.25, 0.3) is 5.91 Å². The molecule has 0 aliphatic rings. The number of nitrogens with one attached hydrogen (secondary N) is 2. The molecule has 1 heterocycles. The Labute approximate surface area is 153 Å². The zero-order chi connectivity index (χ0) is 18.8. The normalized spacial score (nSPS) is 10.3. The van der Waals surface area contributed by atoms with Crippen molar-refractivity contribution in [2.24, 2.45) is 0 Å². The summed E-state index contributed by atoms with van der Waals surface area (Å²) in [5.41, 5.74) is 2.35. The van der Waals surface area contributed by atoms with Crippen LogP contribution in [0.2, 0.25) is 0 Å². The van der Waals surface area contributed by atoms with E-state index in [-0.39, 0.29) is 5.91 Å². The molecular weight excluding hydrogens is 334 g/mol. The van der Waals surface area contributed by atoms with Crippen LogP contribution in [0.5, 0.6) is 11.5 Å². The summed E-state index contributed by atoms with van der Waals surface area (Å²) >= 11 is 0. The first kappa shape index (κ1) is 19.5. The van der Waals surface area contributed by atoms with Gasteiger partial charge < -0.3 is 24.8 Å². The van der Waals surface area contributed by atoms with Gasteiger partial charge in [0.2, 0.25) is 0 Å². The van der Waals surface area contributed by atoms with Gasteiger partial charge in [-0.15, -0.1) is 0 Å². The second-order valence-electron chi connectivity index (χ2n) is 5.58. The number of nitrogens with zero attached hydrogens (tertiary/aromatic N) is 1. The van der Waals surface area contributed by atoms with Gasteiger partial charge in [-0.2, -0.15) is 0 Å². The summed E-state index contributed by atoms with van der Waals surface area (Å²) in [5, 5.41) is 6.06. The molecule has 0 saturated carbocycles. The lowest BCUT2D eigenvalue weighted by Crippen LogP contribution is -2.26. The van der Waals surface area contributed by atoms with E-state index < -0.39 is 0 Å². The summed E-state index contributed by atoms with van der Waals surface area (Å²) in [5.74, 6) is 1.20. The van der Waals surface area contributed by atoms with Gasteiger partial charge in [0.05, 0.1) is 32.1 Å². The molecule has 1 aromatic carbocycles. The van der Waals surface area contributed by atoms with Gasteiger partial charge in [0.1, 0.15) is 0 Å². The number of ether oxygens (including phenoxy) is 3. The molecule has 0 atom stereocenters. The van der Waals surface area contributed by atoms with E-state index in [0.29, 0.717) is 43.2 Å². The number of anilines is 1. The van der Waals surface area contributed by atoms with Crippen LogP contribution in [-0.2, 0) is 11.2 Å². The quantitative estimate of drug-likeness (QED) is 0.633. The highest BCUT2D eigenvalue weighted by atomic mass is 16.5. The van der Waals surface area contributed by atoms with Crippen molar-refractivity contribution in [3.05, 3.63) is 47.8 Å². The summed E-state index contributed by atoms with van der Waals surface area (Å²) in [6.45, 7) is 1.75. The number of carbonyl (C=O) groups is 1. The van der Waals surface area contributed by atoms with Gasteiger partial charge in [-0.25, -0.2) is 0 Å². The number of hydrogen-bond acceptors (Lipinski definition) is 6. The van der Waals surface area contributed by atoms with Gasteiger partial charge in [-0.05, 0) is 30.2 Å². The lowest BCUT2D eigenvalue weighted by atomic mass is 10.1. The van der Waals surface area contributed by atoms with Crippen molar-refractivity contribution in [2.75, 3.05) is 46.3 Å². The summed E-state index contributed by atoms with van der Waals surface area (Å²) in [6, 6.07) is 7.49. The maximum atomic E-state index is 12.3. The molecule has 0 fully saturated rings. The smallest absolute Gasteiger partial charge is 0.252 e. The molecule has 7 heteroatoms. The van der Waals surface area contributed by atoms with E-state index in [4.69, 9.17) is 14.2 Å². The second-order valence-corrected chi connectivity index (χ2v) is 5.58. The van der Waals surface area contributed by atoms with Crippen LogP contribution in [0.4, 0.5) is 5.69 Å². The Morgan fingerprint density at radius 2 is 1.85 bits per heavy atom. The minimum atomic E-state index is -0.159. The SMILES string of the molecule is COCCNc1cncc(C(=O)NCCc2ccc(OC)c(OC)c2)c1. The summed E-state index contributed by atoms with van der Waals surface area (Å²) in [4.78, 5) is 16.4. The first-order valence-corrected chi connectivity index (χ1v) is 8.35. The fourth-order valence-electron chi connectivity index (χ4n) is 2.42. The summed E-state index contributed by atoms with van der Waals surface area (Å²) in [6.07, 6.45) is 3.91. The van der Waals surface area contributed by atoms with Crippen LogP contribution in [-0.4, -0.2) is 51.9 Å². The van der Waals surface area contributed by atoms with Crippen LogP contribution in [0.15, 0.2) is 36.7 Å². The first-order chi connectivity index (χ1) is 12.7. The molecule has 1 amide bonds. The molecule has 0 aliphatic heterocycles. The Hall–Kier alpha value is -2.80. The van der Waals surface area contributed by atoms with Crippen molar-refractivity contribution in [3.8, 4) is 11.5 Å². The average molecular weight is 359 g/mol. The van der Waals surface area contributed by atoms with E-state index in [2.05, 4.69) is 15.6 Å². The fourth-order valence-corrected chi connectivity index (χ4v) is 2.42. The monoisotopic (exact) mass is 359 g/mol. The van der Waals surface area contributed by atoms with Crippen LogP contribution < -0.4 is 20.1 Å². The number of methoxy groups -OCH3 is 3. The number of benzene rings is 1. The van der Waals surface area contributed by atoms with E-state index in [0.717, 1.165) is 11.3 Å².